The third-order valence-electron chi connectivity index (χ3n) is 5.62. The first-order chi connectivity index (χ1) is 15.3. The predicted octanol–water partition coefficient (Wildman–Crippen LogP) is 7.97. The van der Waals surface area contributed by atoms with Gasteiger partial charge in [-0.15, -0.1) is 11.8 Å². The normalized spacial score (nSPS) is 13.2. The van der Waals surface area contributed by atoms with Crippen molar-refractivity contribution in [3.05, 3.63) is 138 Å². The van der Waals surface area contributed by atoms with Gasteiger partial charge in [-0.05, 0) is 47.0 Å². The highest BCUT2D eigenvalue weighted by Crippen LogP contribution is 2.49. The number of fused-ring (bicyclic) bond motifs is 1. The first-order valence-corrected chi connectivity index (χ1v) is 11.3. The molecule has 152 valence electrons. The number of hydrogen-bond acceptors (Lipinski definition) is 1. The Labute approximate surface area is 186 Å². The molecule has 0 radical (unpaired) electrons. The monoisotopic (exact) mass is 423 g/mol. The molecule has 0 aliphatic carbocycles. The topological polar surface area (TPSA) is 15.8 Å². The summed E-state index contributed by atoms with van der Waals surface area (Å²) in [4.78, 5) is 4.51. The Kier molecular flexibility index (Phi) is 5.59. The van der Waals surface area contributed by atoms with Crippen LogP contribution in [0.5, 0.6) is 0 Å². The number of halogens is 1. The van der Waals surface area contributed by atoms with Crippen molar-refractivity contribution < 1.29 is 4.39 Å². The van der Waals surface area contributed by atoms with Gasteiger partial charge in [-0.1, -0.05) is 78.9 Å². The van der Waals surface area contributed by atoms with Gasteiger partial charge in [0.15, 0.2) is 0 Å². The summed E-state index contributed by atoms with van der Waals surface area (Å²) in [6.07, 6.45) is 2.14. The maximum absolute atomic E-state index is 13.6. The lowest BCUT2D eigenvalue weighted by molar-refractivity contribution is 0.626. The van der Waals surface area contributed by atoms with Crippen LogP contribution in [0, 0.1) is 5.82 Å². The Morgan fingerprint density at radius 2 is 1.26 bits per heavy atom. The number of aromatic amines is 1. The van der Waals surface area contributed by atoms with Crippen molar-refractivity contribution in [1.29, 1.82) is 0 Å². The number of hydrogen-bond donors (Lipinski definition) is 1. The first kappa shape index (κ1) is 19.7. The molecule has 31 heavy (non-hydrogen) atoms. The van der Waals surface area contributed by atoms with E-state index < -0.39 is 0 Å². The van der Waals surface area contributed by atoms with Gasteiger partial charge in [0.05, 0.1) is 0 Å². The Morgan fingerprint density at radius 3 is 1.97 bits per heavy atom. The summed E-state index contributed by atoms with van der Waals surface area (Å²) in [6.45, 7) is 0. The molecule has 0 bridgehead atoms. The molecule has 0 aliphatic rings. The van der Waals surface area contributed by atoms with Gasteiger partial charge in [-0.2, -0.15) is 0 Å². The van der Waals surface area contributed by atoms with Crippen molar-refractivity contribution in [1.82, 2.24) is 4.98 Å². The van der Waals surface area contributed by atoms with Gasteiger partial charge in [0.2, 0.25) is 0 Å². The van der Waals surface area contributed by atoms with Gasteiger partial charge in [-0.3, -0.25) is 0 Å². The van der Waals surface area contributed by atoms with E-state index in [4.69, 9.17) is 0 Å². The summed E-state index contributed by atoms with van der Waals surface area (Å²) in [7, 11) is 0. The summed E-state index contributed by atoms with van der Waals surface area (Å²) in [5.74, 6) is -0.0911. The average Bonchev–Trinajstić information content (AvgIpc) is 3.25. The zero-order chi connectivity index (χ0) is 21.0. The summed E-state index contributed by atoms with van der Waals surface area (Å²) in [5.41, 5.74) is 4.91. The van der Waals surface area contributed by atoms with Crippen molar-refractivity contribution in [2.75, 3.05) is 0 Å². The fourth-order valence-corrected chi connectivity index (χ4v) is 5.48. The van der Waals surface area contributed by atoms with Gasteiger partial charge >= 0.3 is 0 Å². The van der Waals surface area contributed by atoms with E-state index in [-0.39, 0.29) is 17.0 Å². The van der Waals surface area contributed by atoms with Crippen LogP contribution in [0.4, 0.5) is 4.39 Å². The highest BCUT2D eigenvalue weighted by molar-refractivity contribution is 7.99. The summed E-state index contributed by atoms with van der Waals surface area (Å²) < 4.78 is 13.6. The molecule has 5 rings (SSSR count). The van der Waals surface area contributed by atoms with E-state index in [1.807, 2.05) is 18.2 Å². The Morgan fingerprint density at radius 1 is 0.645 bits per heavy atom. The lowest BCUT2D eigenvalue weighted by atomic mass is 9.85. The molecule has 1 N–H and O–H groups in total. The highest BCUT2D eigenvalue weighted by atomic mass is 32.2. The van der Waals surface area contributed by atoms with E-state index in [1.165, 1.54) is 34.2 Å². The van der Waals surface area contributed by atoms with Gasteiger partial charge in [0.25, 0.3) is 0 Å². The third-order valence-corrected chi connectivity index (χ3v) is 6.97. The number of para-hydroxylation sites is 1. The second-order valence-corrected chi connectivity index (χ2v) is 8.80. The molecule has 0 aliphatic heterocycles. The molecule has 0 fully saturated rings. The third kappa shape index (κ3) is 4.14. The van der Waals surface area contributed by atoms with Gasteiger partial charge in [-0.25, -0.2) is 4.39 Å². The molecule has 0 saturated carbocycles. The van der Waals surface area contributed by atoms with Crippen LogP contribution in [0.25, 0.3) is 10.9 Å². The van der Waals surface area contributed by atoms with Crippen molar-refractivity contribution in [3.8, 4) is 0 Å². The van der Waals surface area contributed by atoms with E-state index in [9.17, 15) is 4.39 Å². The molecule has 1 heterocycles. The zero-order valence-corrected chi connectivity index (χ0v) is 17.7. The van der Waals surface area contributed by atoms with Gasteiger partial charge in [0, 0.05) is 33.2 Å². The van der Waals surface area contributed by atoms with Crippen LogP contribution in [0.1, 0.15) is 27.9 Å². The van der Waals surface area contributed by atoms with Crippen LogP contribution in [-0.4, -0.2) is 4.98 Å². The standard InChI is InChI=1S/C28H22FNS/c29-22-15-17-23(18-16-22)31-28(21-11-5-2-6-12-21)27(20-9-3-1-4-10-20)25-19-30-26-14-8-7-13-24(25)26/h1-19,27-28,30H/t27-,28+/m1/s1. The van der Waals surface area contributed by atoms with Crippen LogP contribution in [0.3, 0.4) is 0 Å². The molecular weight excluding hydrogens is 401 g/mol. The zero-order valence-electron chi connectivity index (χ0n) is 16.9. The number of thioether (sulfide) groups is 1. The quantitative estimate of drug-likeness (QED) is 0.274. The maximum Gasteiger partial charge on any atom is 0.123 e. The fourth-order valence-electron chi connectivity index (χ4n) is 4.16. The first-order valence-electron chi connectivity index (χ1n) is 10.4. The number of rotatable bonds is 6. The van der Waals surface area contributed by atoms with Gasteiger partial charge in [0.1, 0.15) is 5.82 Å². The average molecular weight is 424 g/mol. The van der Waals surface area contributed by atoms with E-state index in [1.54, 1.807) is 11.8 Å². The van der Waals surface area contributed by atoms with Crippen molar-refractivity contribution in [2.24, 2.45) is 0 Å². The lowest BCUT2D eigenvalue weighted by Gasteiger charge is -2.28. The molecule has 0 saturated heterocycles. The molecule has 0 spiro atoms. The Bertz CT molecular complexity index is 1260. The minimum Gasteiger partial charge on any atom is -0.361 e. The number of H-pyrrole nitrogens is 1. The van der Waals surface area contributed by atoms with Gasteiger partial charge < -0.3 is 4.98 Å². The van der Waals surface area contributed by atoms with Crippen LogP contribution in [0.2, 0.25) is 0 Å². The molecule has 2 atom stereocenters. The van der Waals surface area contributed by atoms with Crippen LogP contribution in [0.15, 0.2) is 120 Å². The molecule has 0 unspecified atom stereocenters. The SMILES string of the molecule is Fc1ccc(S[C@@H](c2ccccc2)[C@H](c2ccccc2)c2c[nH]c3ccccc23)cc1. The fraction of sp³-hybridized carbons (Fsp3) is 0.0714. The van der Waals surface area contributed by atoms with E-state index >= 15 is 0 Å². The summed E-state index contributed by atoms with van der Waals surface area (Å²) in [5, 5.41) is 1.35. The van der Waals surface area contributed by atoms with Crippen molar-refractivity contribution >= 4 is 22.7 Å². The second kappa shape index (κ2) is 8.83. The number of benzene rings is 4. The van der Waals surface area contributed by atoms with Crippen molar-refractivity contribution in [2.45, 2.75) is 16.1 Å². The van der Waals surface area contributed by atoms with Crippen LogP contribution < -0.4 is 0 Å². The van der Waals surface area contributed by atoms with Crippen molar-refractivity contribution in [3.63, 3.8) is 0 Å². The number of aromatic nitrogens is 1. The molecule has 4 aromatic carbocycles. The lowest BCUT2D eigenvalue weighted by Crippen LogP contribution is -2.10. The molecular formula is C28H22FNS. The second-order valence-electron chi connectivity index (χ2n) is 7.58. The minimum atomic E-state index is -0.211. The largest absolute Gasteiger partial charge is 0.361 e. The van der Waals surface area contributed by atoms with Crippen LogP contribution >= 0.6 is 11.8 Å². The molecule has 1 aromatic heterocycles. The number of nitrogens with one attached hydrogen (secondary N) is 1. The summed E-state index contributed by atoms with van der Waals surface area (Å²) >= 11 is 1.78. The molecule has 5 aromatic rings. The minimum absolute atomic E-state index is 0.119. The van der Waals surface area contributed by atoms with E-state index in [0.717, 1.165) is 10.4 Å². The molecule has 1 nitrogen and oxygen atoms in total. The molecule has 3 heteroatoms. The smallest absolute Gasteiger partial charge is 0.123 e. The van der Waals surface area contributed by atoms with E-state index in [0.29, 0.717) is 0 Å². The predicted molar refractivity (Wildman–Crippen MR) is 128 cm³/mol. The highest BCUT2D eigenvalue weighted by Gasteiger charge is 2.29. The Hall–Kier alpha value is -3.30. The van der Waals surface area contributed by atoms with Crippen LogP contribution in [-0.2, 0) is 0 Å². The molecule has 0 amide bonds. The maximum atomic E-state index is 13.6. The van der Waals surface area contributed by atoms with E-state index in [2.05, 4.69) is 90.0 Å². The Balaban J connectivity index is 1.69. The summed E-state index contributed by atoms with van der Waals surface area (Å²) in [6, 6.07) is 36.5.